The van der Waals surface area contributed by atoms with Crippen LogP contribution in [0.5, 0.6) is 0 Å². The summed E-state index contributed by atoms with van der Waals surface area (Å²) in [5, 5.41) is 3.32. The number of benzene rings is 7. The van der Waals surface area contributed by atoms with Crippen LogP contribution in [-0.2, 0) is 0 Å². The maximum absolute atomic E-state index is 6.32. The van der Waals surface area contributed by atoms with Gasteiger partial charge in [-0.25, -0.2) is 24.9 Å². The first-order chi connectivity index (χ1) is 26.2. The summed E-state index contributed by atoms with van der Waals surface area (Å²) in [5.74, 6) is 2.33. The Bertz CT molecular complexity index is 2880. The van der Waals surface area contributed by atoms with Crippen molar-refractivity contribution in [2.24, 2.45) is 0 Å². The van der Waals surface area contributed by atoms with Gasteiger partial charge in [-0.1, -0.05) is 133 Å². The first kappa shape index (κ1) is 30.5. The zero-order chi connectivity index (χ0) is 35.1. The third-order valence-corrected chi connectivity index (χ3v) is 9.52. The van der Waals surface area contributed by atoms with E-state index in [4.69, 9.17) is 29.3 Å². The molecule has 0 spiro atoms. The topological polar surface area (TPSA) is 77.6 Å². The number of hydrogen-bond acceptors (Lipinski definition) is 6. The molecule has 10 rings (SSSR count). The first-order valence-electron chi connectivity index (χ1n) is 17.5. The van der Waals surface area contributed by atoms with Gasteiger partial charge in [-0.3, -0.25) is 0 Å². The van der Waals surface area contributed by atoms with E-state index in [-0.39, 0.29) is 0 Å². The Labute approximate surface area is 305 Å². The molecule has 53 heavy (non-hydrogen) atoms. The largest absolute Gasteiger partial charge is 0.436 e. The van der Waals surface area contributed by atoms with Gasteiger partial charge in [0.2, 0.25) is 5.89 Å². The fraction of sp³-hybridized carbons (Fsp3) is 0. The van der Waals surface area contributed by atoms with Crippen LogP contribution in [0, 0.1) is 0 Å². The highest BCUT2D eigenvalue weighted by Crippen LogP contribution is 2.39. The van der Waals surface area contributed by atoms with E-state index in [2.05, 4.69) is 66.7 Å². The Morgan fingerprint density at radius 3 is 1.55 bits per heavy atom. The minimum atomic E-state index is 0.559. The van der Waals surface area contributed by atoms with Crippen molar-refractivity contribution in [3.8, 4) is 68.0 Å². The van der Waals surface area contributed by atoms with Gasteiger partial charge in [0, 0.05) is 44.2 Å². The molecule has 0 aliphatic carbocycles. The van der Waals surface area contributed by atoms with E-state index in [0.29, 0.717) is 28.9 Å². The number of rotatable bonds is 6. The summed E-state index contributed by atoms with van der Waals surface area (Å²) in [5.41, 5.74) is 9.67. The fourth-order valence-corrected chi connectivity index (χ4v) is 7.00. The normalized spacial score (nSPS) is 11.4. The van der Waals surface area contributed by atoms with Crippen molar-refractivity contribution in [3.05, 3.63) is 176 Å². The highest BCUT2D eigenvalue weighted by molar-refractivity contribution is 6.11. The molecule has 0 bridgehead atoms. The number of nitrogens with zero attached hydrogens (tertiary/aromatic N) is 5. The lowest BCUT2D eigenvalue weighted by Crippen LogP contribution is -2.01. The van der Waals surface area contributed by atoms with E-state index < -0.39 is 0 Å². The van der Waals surface area contributed by atoms with Gasteiger partial charge in [-0.05, 0) is 53.4 Å². The molecule has 0 fully saturated rings. The van der Waals surface area contributed by atoms with Crippen LogP contribution in [0.15, 0.2) is 180 Å². The fourth-order valence-electron chi connectivity index (χ4n) is 7.00. The van der Waals surface area contributed by atoms with Gasteiger partial charge in [0.15, 0.2) is 23.1 Å². The molecule has 0 atom stereocenters. The van der Waals surface area contributed by atoms with Crippen LogP contribution in [0.4, 0.5) is 0 Å². The summed E-state index contributed by atoms with van der Waals surface area (Å²) in [7, 11) is 0. The smallest absolute Gasteiger partial charge is 0.227 e. The summed E-state index contributed by atoms with van der Waals surface area (Å²) in [4.78, 5) is 25.5. The van der Waals surface area contributed by atoms with Crippen LogP contribution in [-0.4, -0.2) is 24.9 Å². The third-order valence-electron chi connectivity index (χ3n) is 9.52. The molecule has 3 heterocycles. The molecule has 3 aromatic heterocycles. The average Bonchev–Trinajstić information content (AvgIpc) is 3.69. The number of pyridine rings is 1. The van der Waals surface area contributed by atoms with Crippen molar-refractivity contribution in [3.63, 3.8) is 0 Å². The van der Waals surface area contributed by atoms with Crippen LogP contribution in [0.2, 0.25) is 0 Å². The second-order valence-electron chi connectivity index (χ2n) is 12.9. The van der Waals surface area contributed by atoms with E-state index >= 15 is 0 Å². The van der Waals surface area contributed by atoms with Gasteiger partial charge < -0.3 is 4.42 Å². The van der Waals surface area contributed by atoms with Crippen LogP contribution in [0.25, 0.3) is 101 Å². The second kappa shape index (κ2) is 12.8. The lowest BCUT2D eigenvalue weighted by atomic mass is 9.94. The molecular formula is C47H29N5O. The van der Waals surface area contributed by atoms with Gasteiger partial charge in [-0.15, -0.1) is 0 Å². The lowest BCUT2D eigenvalue weighted by molar-refractivity contribution is 0.620. The third kappa shape index (κ3) is 5.59. The highest BCUT2D eigenvalue weighted by Gasteiger charge is 2.19. The summed E-state index contributed by atoms with van der Waals surface area (Å²) < 4.78 is 6.32. The molecule has 0 saturated carbocycles. The zero-order valence-electron chi connectivity index (χ0n) is 28.4. The van der Waals surface area contributed by atoms with Crippen LogP contribution >= 0.6 is 0 Å². The Hall–Kier alpha value is -7.31. The Kier molecular flexibility index (Phi) is 7.36. The van der Waals surface area contributed by atoms with Crippen molar-refractivity contribution in [2.75, 3.05) is 0 Å². The lowest BCUT2D eigenvalue weighted by Gasteiger charge is -2.14. The van der Waals surface area contributed by atoms with Crippen LogP contribution in [0.3, 0.4) is 0 Å². The molecule has 6 heteroatoms. The molecule has 10 aromatic rings. The van der Waals surface area contributed by atoms with Gasteiger partial charge in [0.25, 0.3) is 0 Å². The minimum absolute atomic E-state index is 0.559. The molecule has 248 valence electrons. The van der Waals surface area contributed by atoms with Crippen molar-refractivity contribution in [1.29, 1.82) is 0 Å². The van der Waals surface area contributed by atoms with E-state index in [1.54, 1.807) is 0 Å². The van der Waals surface area contributed by atoms with E-state index in [0.717, 1.165) is 71.8 Å². The summed E-state index contributed by atoms with van der Waals surface area (Å²) in [6.45, 7) is 0. The number of oxazole rings is 1. The SMILES string of the molecule is c1ccc(-c2nc(-c3ccccc3)nc(-c3cc(-c4nc5ccccc5c5ccccc45)cc(-c4cccc5oc(-c6ccccc6)nc45)c3)n2)cc1. The molecule has 0 N–H and O–H groups in total. The van der Waals surface area contributed by atoms with Crippen molar-refractivity contribution in [1.82, 2.24) is 24.9 Å². The Morgan fingerprint density at radius 1 is 0.340 bits per heavy atom. The maximum Gasteiger partial charge on any atom is 0.227 e. The quantitative estimate of drug-likeness (QED) is 0.163. The predicted molar refractivity (Wildman–Crippen MR) is 213 cm³/mol. The van der Waals surface area contributed by atoms with E-state index in [1.807, 2.05) is 109 Å². The highest BCUT2D eigenvalue weighted by atomic mass is 16.3. The van der Waals surface area contributed by atoms with E-state index in [9.17, 15) is 0 Å². The monoisotopic (exact) mass is 679 g/mol. The molecular weight excluding hydrogens is 651 g/mol. The predicted octanol–water partition coefficient (Wildman–Crippen LogP) is 11.7. The standard InChI is InChI=1S/C47H29N5O/c1-4-15-30(16-5-1)44-50-45(31-17-6-2-7-18-31)52-46(51-44)35-28-33(36-24-14-26-41-43(36)49-47(53-41)32-19-8-3-9-20-32)27-34(29-35)42-39-23-11-10-21-37(39)38-22-12-13-25-40(38)48-42/h1-29H. The number of aromatic nitrogens is 5. The Morgan fingerprint density at radius 2 is 0.868 bits per heavy atom. The molecule has 0 radical (unpaired) electrons. The molecule has 0 unspecified atom stereocenters. The van der Waals surface area contributed by atoms with Gasteiger partial charge >= 0.3 is 0 Å². The number of para-hydroxylation sites is 2. The molecule has 6 nitrogen and oxygen atoms in total. The average molecular weight is 680 g/mol. The first-order valence-corrected chi connectivity index (χ1v) is 17.5. The molecule has 0 aliphatic rings. The molecule has 0 amide bonds. The van der Waals surface area contributed by atoms with Crippen molar-refractivity contribution >= 4 is 32.8 Å². The maximum atomic E-state index is 6.32. The van der Waals surface area contributed by atoms with Gasteiger partial charge in [-0.2, -0.15) is 0 Å². The summed E-state index contributed by atoms with van der Waals surface area (Å²) >= 11 is 0. The minimum Gasteiger partial charge on any atom is -0.436 e. The number of hydrogen-bond donors (Lipinski definition) is 0. The Balaban J connectivity index is 1.25. The van der Waals surface area contributed by atoms with Crippen molar-refractivity contribution < 1.29 is 4.42 Å². The second-order valence-corrected chi connectivity index (χ2v) is 12.9. The van der Waals surface area contributed by atoms with E-state index in [1.165, 1.54) is 0 Å². The van der Waals surface area contributed by atoms with Crippen LogP contribution < -0.4 is 0 Å². The van der Waals surface area contributed by atoms with Crippen molar-refractivity contribution in [2.45, 2.75) is 0 Å². The molecule has 7 aromatic carbocycles. The molecule has 0 saturated heterocycles. The van der Waals surface area contributed by atoms with Crippen LogP contribution in [0.1, 0.15) is 0 Å². The number of fused-ring (bicyclic) bond motifs is 4. The summed E-state index contributed by atoms with van der Waals surface area (Å²) in [6.07, 6.45) is 0. The zero-order valence-corrected chi connectivity index (χ0v) is 28.4. The van der Waals surface area contributed by atoms with Gasteiger partial charge in [0.05, 0.1) is 11.2 Å². The molecule has 0 aliphatic heterocycles. The summed E-state index contributed by atoms with van der Waals surface area (Å²) in [6, 6.07) is 59.4. The van der Waals surface area contributed by atoms with Gasteiger partial charge in [0.1, 0.15) is 5.52 Å².